The molecule has 0 aromatic heterocycles. The van der Waals surface area contributed by atoms with Crippen molar-refractivity contribution in [2.24, 2.45) is 10.9 Å². The molecule has 1 fully saturated rings. The van der Waals surface area contributed by atoms with Gasteiger partial charge >= 0.3 is 12.1 Å². The van der Waals surface area contributed by atoms with Crippen LogP contribution in [0, 0.1) is 5.92 Å². The van der Waals surface area contributed by atoms with Gasteiger partial charge in [0.25, 0.3) is 0 Å². The Kier molecular flexibility index (Phi) is 9.77. The van der Waals surface area contributed by atoms with E-state index >= 15 is 0 Å². The fourth-order valence-electron chi connectivity index (χ4n) is 5.83. The number of anilines is 1. The highest BCUT2D eigenvalue weighted by Gasteiger charge is 2.39. The number of hydrogen-bond acceptors (Lipinski definition) is 6. The van der Waals surface area contributed by atoms with Gasteiger partial charge in [0.2, 0.25) is 5.91 Å². The molecule has 45 heavy (non-hydrogen) atoms. The lowest BCUT2D eigenvalue weighted by molar-refractivity contribution is -0.115. The number of halogens is 3. The SMILES string of the molecule is CC(NC1(Oc2ccc(OC3CC=C(CC(=O)Nc4ccccc4C(=O)O)C=N3)cc2)CCCC1)C1C=CC(C(F)(F)F)=CC1. The third kappa shape index (κ3) is 8.42. The molecule has 0 spiro atoms. The van der Waals surface area contributed by atoms with E-state index in [0.717, 1.165) is 25.7 Å². The largest absolute Gasteiger partial charge is 0.478 e. The topological polar surface area (TPSA) is 109 Å². The van der Waals surface area contributed by atoms with Crippen molar-refractivity contribution in [1.29, 1.82) is 0 Å². The number of nitrogens with zero attached hydrogens (tertiary/aromatic N) is 1. The van der Waals surface area contributed by atoms with E-state index in [1.807, 2.05) is 25.1 Å². The standard InChI is InChI=1S/C34H36F3N3O5/c1-22(24-9-11-25(12-10-24)34(35,36)37)40-33(18-4-5-19-33)45-27-15-13-26(14-16-27)44-31-17-8-23(21-38-31)20-30(41)39-29-7-3-2-6-28(29)32(42)43/h2-3,6-9,11-16,21-22,24,31,40H,4-5,10,17-20H2,1H3,(H,39,41)(H,42,43). The number of allylic oxidation sites excluding steroid dienone is 3. The maximum Gasteiger partial charge on any atom is 0.416 e. The number of benzene rings is 2. The van der Waals surface area contributed by atoms with Gasteiger partial charge in [0, 0.05) is 31.5 Å². The molecular formula is C34H36F3N3O5. The summed E-state index contributed by atoms with van der Waals surface area (Å²) in [6.45, 7) is 1.98. The van der Waals surface area contributed by atoms with Crippen LogP contribution in [0.4, 0.5) is 18.9 Å². The summed E-state index contributed by atoms with van der Waals surface area (Å²) >= 11 is 0. The van der Waals surface area contributed by atoms with Crippen LogP contribution in [0.3, 0.4) is 0 Å². The van der Waals surface area contributed by atoms with E-state index in [0.29, 0.717) is 29.9 Å². The van der Waals surface area contributed by atoms with Crippen molar-refractivity contribution in [3.05, 3.63) is 89.5 Å². The summed E-state index contributed by atoms with van der Waals surface area (Å²) in [6.07, 6.45) is 7.14. The van der Waals surface area contributed by atoms with Gasteiger partial charge in [-0.05, 0) is 74.1 Å². The zero-order valence-electron chi connectivity index (χ0n) is 24.8. The number of rotatable bonds is 11. The van der Waals surface area contributed by atoms with Gasteiger partial charge in [-0.25, -0.2) is 4.79 Å². The van der Waals surface area contributed by atoms with Crippen LogP contribution in [0.25, 0.3) is 0 Å². The molecule has 1 aliphatic heterocycles. The second-order valence-corrected chi connectivity index (χ2v) is 11.6. The van der Waals surface area contributed by atoms with Crippen LogP contribution < -0.4 is 20.1 Å². The van der Waals surface area contributed by atoms with E-state index in [1.54, 1.807) is 42.6 Å². The van der Waals surface area contributed by atoms with Gasteiger partial charge in [0.15, 0.2) is 12.0 Å². The van der Waals surface area contributed by atoms with Crippen molar-refractivity contribution in [1.82, 2.24) is 5.32 Å². The minimum absolute atomic E-state index is 0.0201. The Morgan fingerprint density at radius 3 is 2.38 bits per heavy atom. The monoisotopic (exact) mass is 623 g/mol. The smallest absolute Gasteiger partial charge is 0.416 e. The maximum atomic E-state index is 13.0. The molecule has 5 rings (SSSR count). The molecule has 3 aliphatic rings. The molecule has 11 heteroatoms. The molecule has 238 valence electrons. The predicted molar refractivity (Wildman–Crippen MR) is 165 cm³/mol. The molecule has 8 nitrogen and oxygen atoms in total. The third-order valence-corrected chi connectivity index (χ3v) is 8.20. The number of dihydropyridines is 1. The van der Waals surface area contributed by atoms with Crippen molar-refractivity contribution >= 4 is 23.8 Å². The van der Waals surface area contributed by atoms with Crippen LogP contribution >= 0.6 is 0 Å². The number of amides is 1. The first-order chi connectivity index (χ1) is 21.5. The van der Waals surface area contributed by atoms with Gasteiger partial charge in [0.1, 0.15) is 11.5 Å². The van der Waals surface area contributed by atoms with Crippen molar-refractivity contribution < 1.29 is 37.3 Å². The van der Waals surface area contributed by atoms with Crippen molar-refractivity contribution in [2.75, 3.05) is 5.32 Å². The quantitative estimate of drug-likeness (QED) is 0.228. The molecule has 3 unspecified atom stereocenters. The molecule has 2 aliphatic carbocycles. The van der Waals surface area contributed by atoms with E-state index < -0.39 is 29.7 Å². The number of para-hydroxylation sites is 1. The number of carboxylic acids is 1. The number of nitrogens with one attached hydrogen (secondary N) is 2. The number of carbonyl (C=O) groups excluding carboxylic acids is 1. The Bertz CT molecular complexity index is 1510. The van der Waals surface area contributed by atoms with Crippen molar-refractivity contribution in [2.45, 2.75) is 76.0 Å². The predicted octanol–water partition coefficient (Wildman–Crippen LogP) is 7.21. The number of carboxylic acid groups (broad SMARTS) is 1. The molecule has 1 saturated carbocycles. The Morgan fingerprint density at radius 1 is 1.04 bits per heavy atom. The fourth-order valence-corrected chi connectivity index (χ4v) is 5.83. The summed E-state index contributed by atoms with van der Waals surface area (Å²) < 4.78 is 51.5. The van der Waals surface area contributed by atoms with Crippen LogP contribution in [0.2, 0.25) is 0 Å². The van der Waals surface area contributed by atoms with Crippen LogP contribution in [0.1, 0.15) is 62.2 Å². The lowest BCUT2D eigenvalue weighted by Gasteiger charge is -2.37. The summed E-state index contributed by atoms with van der Waals surface area (Å²) in [4.78, 5) is 28.3. The van der Waals surface area contributed by atoms with Gasteiger partial charge in [-0.2, -0.15) is 13.2 Å². The zero-order valence-corrected chi connectivity index (χ0v) is 24.8. The molecule has 0 bridgehead atoms. The van der Waals surface area contributed by atoms with Gasteiger partial charge in [-0.1, -0.05) is 36.4 Å². The number of carbonyl (C=O) groups is 2. The second-order valence-electron chi connectivity index (χ2n) is 11.6. The number of ether oxygens (including phenoxy) is 2. The van der Waals surface area contributed by atoms with Gasteiger partial charge < -0.3 is 19.9 Å². The first-order valence-corrected chi connectivity index (χ1v) is 15.0. The van der Waals surface area contributed by atoms with E-state index in [9.17, 15) is 27.9 Å². The Balaban J connectivity index is 1.11. The second kappa shape index (κ2) is 13.7. The highest BCUT2D eigenvalue weighted by molar-refractivity contribution is 6.02. The number of alkyl halides is 3. The Morgan fingerprint density at radius 2 is 1.76 bits per heavy atom. The molecule has 0 radical (unpaired) electrons. The molecule has 1 amide bonds. The molecule has 3 atom stereocenters. The number of hydrogen-bond donors (Lipinski definition) is 3. The lowest BCUT2D eigenvalue weighted by atomic mass is 9.90. The Labute approximate surface area is 259 Å². The van der Waals surface area contributed by atoms with Crippen molar-refractivity contribution in [3.63, 3.8) is 0 Å². The number of aromatic carboxylic acids is 1. The summed E-state index contributed by atoms with van der Waals surface area (Å²) in [6, 6.07) is 13.4. The van der Waals surface area contributed by atoms with Crippen LogP contribution in [0.5, 0.6) is 11.5 Å². The first kappa shape index (κ1) is 32.0. The summed E-state index contributed by atoms with van der Waals surface area (Å²) in [5, 5.41) is 15.5. The molecular weight excluding hydrogens is 587 g/mol. The Hall–Kier alpha value is -4.38. The fraction of sp³-hybridized carbons (Fsp3) is 0.382. The average Bonchev–Trinajstić information content (AvgIpc) is 3.46. The van der Waals surface area contributed by atoms with E-state index in [1.165, 1.54) is 18.2 Å². The minimum Gasteiger partial charge on any atom is -0.478 e. The molecule has 0 saturated heterocycles. The molecule has 1 heterocycles. The zero-order chi connectivity index (χ0) is 32.0. The van der Waals surface area contributed by atoms with Crippen LogP contribution in [-0.2, 0) is 4.79 Å². The summed E-state index contributed by atoms with van der Waals surface area (Å²) in [7, 11) is 0. The van der Waals surface area contributed by atoms with Crippen molar-refractivity contribution in [3.8, 4) is 11.5 Å². The maximum absolute atomic E-state index is 13.0. The molecule has 2 aromatic carbocycles. The van der Waals surface area contributed by atoms with Gasteiger partial charge in [-0.3, -0.25) is 15.1 Å². The van der Waals surface area contributed by atoms with Gasteiger partial charge in [-0.15, -0.1) is 0 Å². The summed E-state index contributed by atoms with van der Waals surface area (Å²) in [5.41, 5.74) is -0.234. The highest BCUT2D eigenvalue weighted by Crippen LogP contribution is 2.36. The molecule has 2 aromatic rings. The molecule has 3 N–H and O–H groups in total. The van der Waals surface area contributed by atoms with E-state index in [4.69, 9.17) is 9.47 Å². The van der Waals surface area contributed by atoms with Crippen LogP contribution in [0.15, 0.2) is 89.0 Å². The van der Waals surface area contributed by atoms with E-state index in [2.05, 4.69) is 15.6 Å². The first-order valence-electron chi connectivity index (χ1n) is 15.0. The van der Waals surface area contributed by atoms with E-state index in [-0.39, 0.29) is 35.5 Å². The summed E-state index contributed by atoms with van der Waals surface area (Å²) in [5.74, 6) is -0.269. The van der Waals surface area contributed by atoms with Gasteiger partial charge in [0.05, 0.1) is 23.2 Å². The minimum atomic E-state index is -4.33. The highest BCUT2D eigenvalue weighted by atomic mass is 19.4. The lowest BCUT2D eigenvalue weighted by Crippen LogP contribution is -2.53. The average molecular weight is 624 g/mol. The number of aliphatic imine (C=N–C) groups is 1. The van der Waals surface area contributed by atoms with Crippen LogP contribution in [-0.4, -0.2) is 47.4 Å². The third-order valence-electron chi connectivity index (χ3n) is 8.20. The normalized spacial score (nSPS) is 21.4.